The summed E-state index contributed by atoms with van der Waals surface area (Å²) in [7, 11) is -3.64. The first-order valence-electron chi connectivity index (χ1n) is 10.4. The van der Waals surface area contributed by atoms with Gasteiger partial charge in [-0.25, -0.2) is 8.42 Å². The summed E-state index contributed by atoms with van der Waals surface area (Å²) in [5, 5.41) is 0. The fourth-order valence-corrected chi connectivity index (χ4v) is 5.00. The summed E-state index contributed by atoms with van der Waals surface area (Å²) in [4.78, 5) is 24.9. The largest absolute Gasteiger partial charge is 0.269 e. The predicted molar refractivity (Wildman–Crippen MR) is 119 cm³/mol. The highest BCUT2D eigenvalue weighted by atomic mass is 32.2. The number of nitrogens with zero attached hydrogens (tertiary/aromatic N) is 1. The number of carbonyl (C=O) groups excluding carboxylic acids is 2. The quantitative estimate of drug-likeness (QED) is 0.709. The van der Waals surface area contributed by atoms with Crippen molar-refractivity contribution in [3.63, 3.8) is 0 Å². The molecule has 0 aromatic heterocycles. The van der Waals surface area contributed by atoms with E-state index in [1.54, 1.807) is 12.1 Å². The van der Waals surface area contributed by atoms with Gasteiger partial charge in [-0.1, -0.05) is 45.4 Å². The molecule has 31 heavy (non-hydrogen) atoms. The van der Waals surface area contributed by atoms with Crippen molar-refractivity contribution in [2.24, 2.45) is 0 Å². The molecule has 1 heterocycles. The van der Waals surface area contributed by atoms with Crippen LogP contribution in [0.3, 0.4) is 0 Å². The second-order valence-corrected chi connectivity index (χ2v) is 10.7. The lowest BCUT2D eigenvalue weighted by Crippen LogP contribution is -2.41. The standard InChI is InChI=1S/C23H29N3O4S/c1-23(2,3)19-12-10-17(11-13-19)21(27)24-25-22(28)18-8-7-9-20(16-18)31(29,30)26-14-5-4-6-15-26/h7-13,16H,4-6,14-15H2,1-3H3,(H,24,27)(H,25,28). The average Bonchev–Trinajstić information content (AvgIpc) is 2.77. The summed E-state index contributed by atoms with van der Waals surface area (Å²) < 4.78 is 27.1. The molecule has 0 atom stereocenters. The van der Waals surface area contributed by atoms with Crippen molar-refractivity contribution >= 4 is 21.8 Å². The molecule has 166 valence electrons. The maximum Gasteiger partial charge on any atom is 0.269 e. The number of hydrogen-bond donors (Lipinski definition) is 2. The minimum absolute atomic E-state index is 0.0250. The van der Waals surface area contributed by atoms with Gasteiger partial charge in [-0.2, -0.15) is 4.31 Å². The van der Waals surface area contributed by atoms with Crippen LogP contribution in [0.2, 0.25) is 0 Å². The van der Waals surface area contributed by atoms with Gasteiger partial charge in [0.15, 0.2) is 0 Å². The molecule has 1 aliphatic rings. The van der Waals surface area contributed by atoms with E-state index in [1.165, 1.54) is 28.6 Å². The van der Waals surface area contributed by atoms with Crippen molar-refractivity contribution < 1.29 is 18.0 Å². The van der Waals surface area contributed by atoms with E-state index in [1.807, 2.05) is 12.1 Å². The number of piperidine rings is 1. The van der Waals surface area contributed by atoms with Gasteiger partial charge >= 0.3 is 0 Å². The smallest absolute Gasteiger partial charge is 0.267 e. The number of benzene rings is 2. The fourth-order valence-electron chi connectivity index (χ4n) is 3.43. The zero-order valence-electron chi connectivity index (χ0n) is 18.1. The van der Waals surface area contributed by atoms with Crippen LogP contribution in [0.15, 0.2) is 53.4 Å². The summed E-state index contributed by atoms with van der Waals surface area (Å²) in [6.07, 6.45) is 2.69. The molecule has 0 aliphatic carbocycles. The first kappa shape index (κ1) is 23.0. The van der Waals surface area contributed by atoms with Crippen LogP contribution in [0, 0.1) is 0 Å². The predicted octanol–water partition coefficient (Wildman–Crippen LogP) is 3.23. The summed E-state index contributed by atoms with van der Waals surface area (Å²) in [6, 6.07) is 13.0. The Labute approximate surface area is 183 Å². The lowest BCUT2D eigenvalue weighted by Gasteiger charge is -2.26. The molecule has 0 radical (unpaired) electrons. The molecule has 1 aliphatic heterocycles. The first-order valence-corrected chi connectivity index (χ1v) is 11.8. The van der Waals surface area contributed by atoms with Gasteiger partial charge in [0.05, 0.1) is 4.90 Å². The Bertz CT molecular complexity index is 1050. The Balaban J connectivity index is 1.66. The maximum atomic E-state index is 12.8. The van der Waals surface area contributed by atoms with E-state index in [2.05, 4.69) is 31.6 Å². The van der Waals surface area contributed by atoms with Gasteiger partial charge in [0.2, 0.25) is 10.0 Å². The molecule has 2 amide bonds. The number of hydrogen-bond acceptors (Lipinski definition) is 4. The van der Waals surface area contributed by atoms with E-state index in [0.717, 1.165) is 24.8 Å². The third-order valence-corrected chi connectivity index (χ3v) is 7.25. The first-order chi connectivity index (χ1) is 14.6. The van der Waals surface area contributed by atoms with Crippen LogP contribution in [0.25, 0.3) is 0 Å². The molecule has 2 aromatic carbocycles. The monoisotopic (exact) mass is 443 g/mol. The number of sulfonamides is 1. The molecule has 0 saturated carbocycles. The lowest BCUT2D eigenvalue weighted by molar-refractivity contribution is 0.0846. The van der Waals surface area contributed by atoms with E-state index < -0.39 is 21.8 Å². The molecule has 8 heteroatoms. The zero-order chi connectivity index (χ0) is 22.6. The van der Waals surface area contributed by atoms with E-state index in [4.69, 9.17) is 0 Å². The van der Waals surface area contributed by atoms with Gasteiger partial charge in [0.25, 0.3) is 11.8 Å². The topological polar surface area (TPSA) is 95.6 Å². The van der Waals surface area contributed by atoms with Crippen molar-refractivity contribution in [3.8, 4) is 0 Å². The molecule has 1 fully saturated rings. The van der Waals surface area contributed by atoms with Gasteiger partial charge < -0.3 is 0 Å². The van der Waals surface area contributed by atoms with Crippen molar-refractivity contribution in [1.29, 1.82) is 0 Å². The number of amides is 2. The van der Waals surface area contributed by atoms with Crippen LogP contribution in [0.5, 0.6) is 0 Å². The number of hydrazine groups is 1. The second kappa shape index (κ2) is 9.20. The highest BCUT2D eigenvalue weighted by molar-refractivity contribution is 7.89. The molecule has 3 rings (SSSR count). The second-order valence-electron chi connectivity index (χ2n) is 8.73. The number of carbonyl (C=O) groups is 2. The van der Waals surface area contributed by atoms with Gasteiger partial charge in [0.1, 0.15) is 0 Å². The maximum absolute atomic E-state index is 12.8. The van der Waals surface area contributed by atoms with E-state index in [-0.39, 0.29) is 15.9 Å². The van der Waals surface area contributed by atoms with Crippen LogP contribution in [0.1, 0.15) is 66.3 Å². The fraction of sp³-hybridized carbons (Fsp3) is 0.391. The molecular formula is C23H29N3O4S. The number of nitrogens with one attached hydrogen (secondary N) is 2. The Morgan fingerprint density at radius 3 is 2.00 bits per heavy atom. The third kappa shape index (κ3) is 5.51. The average molecular weight is 444 g/mol. The Morgan fingerprint density at radius 2 is 1.42 bits per heavy atom. The Morgan fingerprint density at radius 1 is 0.839 bits per heavy atom. The van der Waals surface area contributed by atoms with Crippen molar-refractivity contribution in [1.82, 2.24) is 15.2 Å². The molecule has 0 spiro atoms. The number of rotatable bonds is 4. The van der Waals surface area contributed by atoms with Crippen LogP contribution in [-0.4, -0.2) is 37.6 Å². The highest BCUT2D eigenvalue weighted by Gasteiger charge is 2.26. The van der Waals surface area contributed by atoms with Gasteiger partial charge in [0, 0.05) is 24.2 Å². The summed E-state index contributed by atoms with van der Waals surface area (Å²) in [5.74, 6) is -1.04. The molecule has 0 unspecified atom stereocenters. The van der Waals surface area contributed by atoms with Gasteiger partial charge in [-0.15, -0.1) is 0 Å². The van der Waals surface area contributed by atoms with Gasteiger partial charge in [-0.3, -0.25) is 20.4 Å². The molecular weight excluding hydrogens is 414 g/mol. The van der Waals surface area contributed by atoms with Crippen molar-refractivity contribution in [2.75, 3.05) is 13.1 Å². The van der Waals surface area contributed by atoms with Crippen molar-refractivity contribution in [2.45, 2.75) is 50.3 Å². The van der Waals surface area contributed by atoms with E-state index >= 15 is 0 Å². The van der Waals surface area contributed by atoms with E-state index in [9.17, 15) is 18.0 Å². The minimum atomic E-state index is -3.64. The van der Waals surface area contributed by atoms with Crippen molar-refractivity contribution in [3.05, 3.63) is 65.2 Å². The molecule has 2 N–H and O–H groups in total. The van der Waals surface area contributed by atoms with Crippen LogP contribution in [-0.2, 0) is 15.4 Å². The third-order valence-electron chi connectivity index (χ3n) is 5.35. The molecule has 0 bridgehead atoms. The minimum Gasteiger partial charge on any atom is -0.267 e. The van der Waals surface area contributed by atoms with Gasteiger partial charge in [-0.05, 0) is 54.2 Å². The Hall–Kier alpha value is -2.71. The Kier molecular flexibility index (Phi) is 6.81. The van der Waals surface area contributed by atoms with Crippen LogP contribution in [0.4, 0.5) is 0 Å². The summed E-state index contributed by atoms with van der Waals surface area (Å²) in [6.45, 7) is 7.23. The van der Waals surface area contributed by atoms with Crippen LogP contribution < -0.4 is 10.9 Å². The molecule has 7 nitrogen and oxygen atoms in total. The SMILES string of the molecule is CC(C)(C)c1ccc(C(=O)NNC(=O)c2cccc(S(=O)(=O)N3CCCCC3)c2)cc1. The van der Waals surface area contributed by atoms with Crippen LogP contribution >= 0.6 is 0 Å². The lowest BCUT2D eigenvalue weighted by atomic mass is 9.87. The summed E-state index contributed by atoms with van der Waals surface area (Å²) >= 11 is 0. The zero-order valence-corrected chi connectivity index (χ0v) is 19.0. The van der Waals surface area contributed by atoms with E-state index in [0.29, 0.717) is 18.7 Å². The molecule has 1 saturated heterocycles. The summed E-state index contributed by atoms with van der Waals surface area (Å²) in [5.41, 5.74) is 6.37. The highest BCUT2D eigenvalue weighted by Crippen LogP contribution is 2.23. The molecule has 2 aromatic rings. The normalized spacial score (nSPS) is 15.3.